The molecule has 1 N–H and O–H groups in total. The van der Waals surface area contributed by atoms with Crippen LogP contribution in [-0.4, -0.2) is 6.54 Å². The third kappa shape index (κ3) is 1.11. The van der Waals surface area contributed by atoms with Gasteiger partial charge in [-0.1, -0.05) is 12.1 Å². The molecule has 2 aromatic rings. The van der Waals surface area contributed by atoms with Crippen LogP contribution in [0.15, 0.2) is 41.0 Å². The van der Waals surface area contributed by atoms with E-state index in [4.69, 9.17) is 4.42 Å². The average Bonchev–Trinajstić information content (AvgIpc) is 2.88. The Morgan fingerprint density at radius 3 is 3.07 bits per heavy atom. The molecule has 70 valence electrons. The maximum absolute atomic E-state index is 5.35. The van der Waals surface area contributed by atoms with Crippen LogP contribution in [0.5, 0.6) is 0 Å². The molecule has 0 fully saturated rings. The van der Waals surface area contributed by atoms with Crippen molar-refractivity contribution in [3.8, 4) is 11.3 Å². The fourth-order valence-electron chi connectivity index (χ4n) is 1.89. The Bertz CT molecular complexity index is 445. The van der Waals surface area contributed by atoms with Crippen LogP contribution in [0.4, 0.5) is 5.69 Å². The van der Waals surface area contributed by atoms with Crippen LogP contribution in [0, 0.1) is 0 Å². The predicted octanol–water partition coefficient (Wildman–Crippen LogP) is 2.91. The summed E-state index contributed by atoms with van der Waals surface area (Å²) in [6.07, 6.45) is 2.84. The van der Waals surface area contributed by atoms with E-state index in [0.29, 0.717) is 0 Å². The Hall–Kier alpha value is -1.70. The van der Waals surface area contributed by atoms with Gasteiger partial charge in [-0.15, -0.1) is 0 Å². The summed E-state index contributed by atoms with van der Waals surface area (Å²) in [4.78, 5) is 0. The zero-order valence-corrected chi connectivity index (χ0v) is 7.79. The van der Waals surface area contributed by atoms with Gasteiger partial charge in [0.15, 0.2) is 0 Å². The summed E-state index contributed by atoms with van der Waals surface area (Å²) in [5.74, 6) is 0.932. The molecule has 2 heterocycles. The highest BCUT2D eigenvalue weighted by Gasteiger charge is 2.11. The van der Waals surface area contributed by atoms with Crippen LogP contribution in [-0.2, 0) is 6.42 Å². The molecule has 0 saturated heterocycles. The van der Waals surface area contributed by atoms with Crippen molar-refractivity contribution >= 4 is 5.69 Å². The maximum Gasteiger partial charge on any atom is 0.133 e. The summed E-state index contributed by atoms with van der Waals surface area (Å²) in [5.41, 5.74) is 3.79. The number of furan rings is 1. The van der Waals surface area contributed by atoms with Crippen molar-refractivity contribution < 1.29 is 4.42 Å². The number of nitrogens with one attached hydrogen (secondary N) is 1. The first-order valence-electron chi connectivity index (χ1n) is 4.84. The highest BCUT2D eigenvalue weighted by Crippen LogP contribution is 2.28. The van der Waals surface area contributed by atoms with Crippen LogP contribution in [0.25, 0.3) is 11.3 Å². The Labute approximate surface area is 82.6 Å². The first-order valence-corrected chi connectivity index (χ1v) is 4.84. The lowest BCUT2D eigenvalue weighted by Gasteiger charge is -2.02. The molecule has 0 bridgehead atoms. The van der Waals surface area contributed by atoms with Gasteiger partial charge in [-0.3, -0.25) is 0 Å². The van der Waals surface area contributed by atoms with E-state index in [1.165, 1.54) is 11.3 Å². The fourth-order valence-corrected chi connectivity index (χ4v) is 1.89. The molecular weight excluding hydrogens is 174 g/mol. The predicted molar refractivity (Wildman–Crippen MR) is 56.3 cm³/mol. The molecule has 0 aliphatic carbocycles. The molecule has 0 unspecified atom stereocenters. The second-order valence-corrected chi connectivity index (χ2v) is 3.53. The summed E-state index contributed by atoms with van der Waals surface area (Å²) in [6, 6.07) is 10.3. The summed E-state index contributed by atoms with van der Waals surface area (Å²) in [7, 11) is 0. The van der Waals surface area contributed by atoms with Gasteiger partial charge in [-0.05, 0) is 30.2 Å². The molecule has 0 amide bonds. The summed E-state index contributed by atoms with van der Waals surface area (Å²) < 4.78 is 5.35. The van der Waals surface area contributed by atoms with Gasteiger partial charge in [0.25, 0.3) is 0 Å². The average molecular weight is 185 g/mol. The van der Waals surface area contributed by atoms with Crippen LogP contribution in [0.3, 0.4) is 0 Å². The largest absolute Gasteiger partial charge is 0.464 e. The lowest BCUT2D eigenvalue weighted by Crippen LogP contribution is -1.90. The summed E-state index contributed by atoms with van der Waals surface area (Å²) >= 11 is 0. The number of rotatable bonds is 1. The van der Waals surface area contributed by atoms with Crippen LogP contribution in [0.2, 0.25) is 0 Å². The Kier molecular flexibility index (Phi) is 1.60. The molecule has 2 heteroatoms. The van der Waals surface area contributed by atoms with Gasteiger partial charge in [0.2, 0.25) is 0 Å². The number of benzene rings is 1. The van der Waals surface area contributed by atoms with Crippen molar-refractivity contribution in [1.82, 2.24) is 0 Å². The van der Waals surface area contributed by atoms with Gasteiger partial charge in [0.05, 0.1) is 6.26 Å². The smallest absolute Gasteiger partial charge is 0.133 e. The normalized spacial score (nSPS) is 13.7. The molecule has 1 aliphatic rings. The van der Waals surface area contributed by atoms with E-state index in [-0.39, 0.29) is 0 Å². The van der Waals surface area contributed by atoms with Crippen molar-refractivity contribution in [1.29, 1.82) is 0 Å². The molecule has 3 rings (SSSR count). The van der Waals surface area contributed by atoms with Crippen LogP contribution in [0.1, 0.15) is 5.56 Å². The third-order valence-corrected chi connectivity index (χ3v) is 2.63. The van der Waals surface area contributed by atoms with E-state index < -0.39 is 0 Å². The highest BCUT2D eigenvalue weighted by atomic mass is 16.3. The van der Waals surface area contributed by atoms with E-state index in [1.807, 2.05) is 12.1 Å². The number of anilines is 1. The molecular formula is C12H11NO. The third-order valence-electron chi connectivity index (χ3n) is 2.63. The Balaban J connectivity index is 2.09. The SMILES string of the molecule is c1coc(-c2ccc3c(c2)NCC3)c1. The minimum absolute atomic E-state index is 0.932. The molecule has 1 aromatic heterocycles. The molecule has 14 heavy (non-hydrogen) atoms. The molecule has 0 spiro atoms. The zero-order chi connectivity index (χ0) is 9.38. The van der Waals surface area contributed by atoms with Crippen molar-refractivity contribution in [3.05, 3.63) is 42.2 Å². The van der Waals surface area contributed by atoms with Gasteiger partial charge >= 0.3 is 0 Å². The van der Waals surface area contributed by atoms with Crippen molar-refractivity contribution in [2.45, 2.75) is 6.42 Å². The van der Waals surface area contributed by atoms with Gasteiger partial charge in [0, 0.05) is 17.8 Å². The number of hydrogen-bond donors (Lipinski definition) is 1. The van der Waals surface area contributed by atoms with Crippen LogP contribution < -0.4 is 5.32 Å². The Morgan fingerprint density at radius 1 is 1.21 bits per heavy atom. The molecule has 0 radical (unpaired) electrons. The van der Waals surface area contributed by atoms with Crippen molar-refractivity contribution in [2.75, 3.05) is 11.9 Å². The van der Waals surface area contributed by atoms with Gasteiger partial charge < -0.3 is 9.73 Å². The van der Waals surface area contributed by atoms with Crippen molar-refractivity contribution in [2.24, 2.45) is 0 Å². The van der Waals surface area contributed by atoms with Crippen molar-refractivity contribution in [3.63, 3.8) is 0 Å². The highest BCUT2D eigenvalue weighted by molar-refractivity contribution is 5.68. The zero-order valence-electron chi connectivity index (χ0n) is 7.79. The standard InChI is InChI=1S/C12H11NO/c1-2-12(14-7-1)10-4-3-9-5-6-13-11(9)8-10/h1-4,7-8,13H,5-6H2. The molecule has 2 nitrogen and oxygen atoms in total. The number of fused-ring (bicyclic) bond motifs is 1. The molecule has 1 aliphatic heterocycles. The van der Waals surface area contributed by atoms with Crippen LogP contribution >= 0.6 is 0 Å². The lowest BCUT2D eigenvalue weighted by molar-refractivity contribution is 0.582. The first kappa shape index (κ1) is 7.68. The number of hydrogen-bond acceptors (Lipinski definition) is 2. The second kappa shape index (κ2) is 2.91. The summed E-state index contributed by atoms with van der Waals surface area (Å²) in [6.45, 7) is 1.05. The maximum atomic E-state index is 5.35. The van der Waals surface area contributed by atoms with E-state index in [0.717, 1.165) is 24.3 Å². The first-order chi connectivity index (χ1) is 6.93. The monoisotopic (exact) mass is 185 g/mol. The van der Waals surface area contributed by atoms with E-state index in [1.54, 1.807) is 6.26 Å². The van der Waals surface area contributed by atoms with Gasteiger partial charge in [-0.25, -0.2) is 0 Å². The van der Waals surface area contributed by atoms with Gasteiger partial charge in [-0.2, -0.15) is 0 Å². The minimum Gasteiger partial charge on any atom is -0.464 e. The second-order valence-electron chi connectivity index (χ2n) is 3.53. The van der Waals surface area contributed by atoms with E-state index in [9.17, 15) is 0 Å². The molecule has 0 saturated carbocycles. The fraction of sp³-hybridized carbons (Fsp3) is 0.167. The Morgan fingerprint density at radius 2 is 2.21 bits per heavy atom. The quantitative estimate of drug-likeness (QED) is 0.739. The lowest BCUT2D eigenvalue weighted by atomic mass is 10.1. The summed E-state index contributed by atoms with van der Waals surface area (Å²) in [5, 5.41) is 3.36. The topological polar surface area (TPSA) is 25.2 Å². The molecule has 1 aromatic carbocycles. The van der Waals surface area contributed by atoms with Gasteiger partial charge in [0.1, 0.15) is 5.76 Å². The van der Waals surface area contributed by atoms with E-state index in [2.05, 4.69) is 23.5 Å². The molecule has 0 atom stereocenters. The minimum atomic E-state index is 0.932. The van der Waals surface area contributed by atoms with E-state index >= 15 is 0 Å².